The van der Waals surface area contributed by atoms with Crippen molar-refractivity contribution in [2.75, 3.05) is 12.4 Å². The number of hydrogen-bond acceptors (Lipinski definition) is 3. The lowest BCUT2D eigenvalue weighted by Gasteiger charge is -2.43. The zero-order valence-corrected chi connectivity index (χ0v) is 12.1. The summed E-state index contributed by atoms with van der Waals surface area (Å²) < 4.78 is 5.37. The van der Waals surface area contributed by atoms with E-state index in [2.05, 4.69) is 0 Å². The monoisotopic (exact) mass is 275 g/mol. The van der Waals surface area contributed by atoms with E-state index in [-0.39, 0.29) is 0 Å². The highest BCUT2D eigenvalue weighted by Crippen LogP contribution is 2.31. The molecule has 104 valence electrons. The quantitative estimate of drug-likeness (QED) is 0.588. The molecule has 0 aromatic heterocycles. The lowest BCUT2D eigenvalue weighted by Crippen LogP contribution is -2.57. The van der Waals surface area contributed by atoms with Gasteiger partial charge in [0.15, 0.2) is 0 Å². The number of likely N-dealkylation sites (tertiary alicyclic amines) is 1. The molecule has 0 aliphatic carbocycles. The summed E-state index contributed by atoms with van der Waals surface area (Å²) in [5.74, 6) is 0.359. The molecule has 1 aliphatic rings. The van der Waals surface area contributed by atoms with Gasteiger partial charge >= 0.3 is 6.09 Å². The number of halogens is 1. The molecule has 5 heteroatoms. The molecule has 0 N–H and O–H groups in total. The standard InChI is InChI=1S/C13H22ClNO3/c1-12(2,3)18-11(17)15-9-5-4-6-13(15,10-16)7-8-14/h10H,4-9H2,1-3H3. The summed E-state index contributed by atoms with van der Waals surface area (Å²) in [5.41, 5.74) is -1.33. The Morgan fingerprint density at radius 3 is 2.61 bits per heavy atom. The lowest BCUT2D eigenvalue weighted by atomic mass is 9.86. The highest BCUT2D eigenvalue weighted by atomic mass is 35.5. The molecule has 0 spiro atoms. The third-order valence-electron chi connectivity index (χ3n) is 3.14. The second-order valence-electron chi connectivity index (χ2n) is 5.75. The van der Waals surface area contributed by atoms with Gasteiger partial charge in [0.05, 0.1) is 0 Å². The van der Waals surface area contributed by atoms with Gasteiger partial charge < -0.3 is 9.53 Å². The maximum Gasteiger partial charge on any atom is 0.411 e. The summed E-state index contributed by atoms with van der Waals surface area (Å²) in [5, 5.41) is 0. The normalized spacial score (nSPS) is 24.8. The Labute approximate surface area is 114 Å². The van der Waals surface area contributed by atoms with Crippen molar-refractivity contribution in [1.82, 2.24) is 4.90 Å². The smallest absolute Gasteiger partial charge is 0.411 e. The Bertz CT molecular complexity index is 310. The first-order chi connectivity index (χ1) is 8.34. The fraction of sp³-hybridized carbons (Fsp3) is 0.846. The van der Waals surface area contributed by atoms with Crippen molar-refractivity contribution >= 4 is 24.0 Å². The van der Waals surface area contributed by atoms with Crippen LogP contribution in [-0.2, 0) is 9.53 Å². The Morgan fingerprint density at radius 2 is 2.11 bits per heavy atom. The van der Waals surface area contributed by atoms with Gasteiger partial charge in [0, 0.05) is 12.4 Å². The van der Waals surface area contributed by atoms with Crippen LogP contribution in [0.1, 0.15) is 46.5 Å². The minimum atomic E-state index is -0.775. The van der Waals surface area contributed by atoms with Crippen molar-refractivity contribution in [3.63, 3.8) is 0 Å². The second-order valence-corrected chi connectivity index (χ2v) is 6.13. The number of alkyl halides is 1. The molecule has 0 aromatic rings. The Hall–Kier alpha value is -0.770. The molecule has 4 nitrogen and oxygen atoms in total. The zero-order chi connectivity index (χ0) is 13.8. The molecule has 0 bridgehead atoms. The molecule has 1 fully saturated rings. The fourth-order valence-electron chi connectivity index (χ4n) is 2.25. The number of amides is 1. The van der Waals surface area contributed by atoms with Crippen molar-refractivity contribution in [3.8, 4) is 0 Å². The maximum absolute atomic E-state index is 12.2. The van der Waals surface area contributed by atoms with Crippen LogP contribution in [0.3, 0.4) is 0 Å². The molecule has 18 heavy (non-hydrogen) atoms. The summed E-state index contributed by atoms with van der Waals surface area (Å²) in [4.78, 5) is 25.2. The van der Waals surface area contributed by atoms with E-state index >= 15 is 0 Å². The predicted octanol–water partition coefficient (Wildman–Crippen LogP) is 2.97. The van der Waals surface area contributed by atoms with Crippen LogP contribution < -0.4 is 0 Å². The third-order valence-corrected chi connectivity index (χ3v) is 3.33. The molecule has 1 amide bonds. The molecule has 1 rings (SSSR count). The van der Waals surface area contributed by atoms with E-state index in [0.717, 1.165) is 19.1 Å². The van der Waals surface area contributed by atoms with Crippen LogP contribution in [-0.4, -0.2) is 40.8 Å². The van der Waals surface area contributed by atoms with Gasteiger partial charge in [-0.25, -0.2) is 4.79 Å². The number of hydrogen-bond donors (Lipinski definition) is 0. The first-order valence-corrected chi connectivity index (χ1v) is 6.91. The first-order valence-electron chi connectivity index (χ1n) is 6.37. The molecule has 1 unspecified atom stereocenters. The third kappa shape index (κ3) is 3.61. The number of carbonyl (C=O) groups is 2. The molecule has 0 saturated carbocycles. The van der Waals surface area contributed by atoms with E-state index in [4.69, 9.17) is 16.3 Å². The minimum absolute atomic E-state index is 0.359. The van der Waals surface area contributed by atoms with Gasteiger partial charge in [0.25, 0.3) is 0 Å². The van der Waals surface area contributed by atoms with Gasteiger partial charge in [0.2, 0.25) is 0 Å². The van der Waals surface area contributed by atoms with Crippen LogP contribution in [0.2, 0.25) is 0 Å². The van der Waals surface area contributed by atoms with Crippen molar-refractivity contribution < 1.29 is 14.3 Å². The van der Waals surface area contributed by atoms with Crippen molar-refractivity contribution in [2.45, 2.75) is 57.6 Å². The van der Waals surface area contributed by atoms with Gasteiger partial charge in [-0.3, -0.25) is 4.90 Å². The highest BCUT2D eigenvalue weighted by Gasteiger charge is 2.42. The lowest BCUT2D eigenvalue weighted by molar-refractivity contribution is -0.121. The second kappa shape index (κ2) is 5.91. The van der Waals surface area contributed by atoms with E-state index in [9.17, 15) is 9.59 Å². The highest BCUT2D eigenvalue weighted by molar-refractivity contribution is 6.18. The maximum atomic E-state index is 12.2. The van der Waals surface area contributed by atoms with Gasteiger partial charge in [-0.05, 0) is 46.5 Å². The average Bonchev–Trinajstić information content (AvgIpc) is 2.27. The van der Waals surface area contributed by atoms with E-state index < -0.39 is 17.2 Å². The van der Waals surface area contributed by atoms with Gasteiger partial charge in [-0.1, -0.05) is 0 Å². The van der Waals surface area contributed by atoms with E-state index in [1.165, 1.54) is 0 Å². The van der Waals surface area contributed by atoms with Crippen molar-refractivity contribution in [3.05, 3.63) is 0 Å². The zero-order valence-electron chi connectivity index (χ0n) is 11.4. The van der Waals surface area contributed by atoms with Crippen molar-refractivity contribution in [2.24, 2.45) is 0 Å². The number of carbonyl (C=O) groups excluding carboxylic acids is 2. The minimum Gasteiger partial charge on any atom is -0.444 e. The number of ether oxygens (including phenoxy) is 1. The Balaban J connectivity index is 2.87. The number of piperidine rings is 1. The van der Waals surface area contributed by atoms with E-state index in [0.29, 0.717) is 25.3 Å². The molecule has 1 heterocycles. The van der Waals surface area contributed by atoms with Gasteiger partial charge in [-0.15, -0.1) is 11.6 Å². The van der Waals surface area contributed by atoms with Crippen LogP contribution >= 0.6 is 11.6 Å². The summed E-state index contributed by atoms with van der Waals surface area (Å²) in [6, 6.07) is 0. The predicted molar refractivity (Wildman–Crippen MR) is 70.9 cm³/mol. The largest absolute Gasteiger partial charge is 0.444 e. The molecule has 0 radical (unpaired) electrons. The van der Waals surface area contributed by atoms with Crippen LogP contribution in [0.4, 0.5) is 4.79 Å². The van der Waals surface area contributed by atoms with Crippen LogP contribution in [0, 0.1) is 0 Å². The number of rotatable bonds is 3. The molecule has 1 atom stereocenters. The van der Waals surface area contributed by atoms with Gasteiger partial charge in [0.1, 0.15) is 17.4 Å². The van der Waals surface area contributed by atoms with Crippen LogP contribution in [0.25, 0.3) is 0 Å². The summed E-state index contributed by atoms with van der Waals surface area (Å²) in [7, 11) is 0. The first kappa shape index (κ1) is 15.3. The Morgan fingerprint density at radius 1 is 1.44 bits per heavy atom. The molecule has 1 aliphatic heterocycles. The Kier molecular flexibility index (Phi) is 5.02. The van der Waals surface area contributed by atoms with E-state index in [1.54, 1.807) is 4.90 Å². The van der Waals surface area contributed by atoms with Crippen LogP contribution in [0.5, 0.6) is 0 Å². The fourth-order valence-corrected chi connectivity index (χ4v) is 2.58. The van der Waals surface area contributed by atoms with Crippen molar-refractivity contribution in [1.29, 1.82) is 0 Å². The number of nitrogens with zero attached hydrogens (tertiary/aromatic N) is 1. The molecule has 1 saturated heterocycles. The summed E-state index contributed by atoms with van der Waals surface area (Å²) >= 11 is 5.77. The topological polar surface area (TPSA) is 46.6 Å². The van der Waals surface area contributed by atoms with Gasteiger partial charge in [-0.2, -0.15) is 0 Å². The SMILES string of the molecule is CC(C)(C)OC(=O)N1CCCCC1(C=O)CCCl. The van der Waals surface area contributed by atoms with E-state index in [1.807, 2.05) is 20.8 Å². The molecule has 0 aromatic carbocycles. The number of aldehydes is 1. The molecular weight excluding hydrogens is 254 g/mol. The molecular formula is C13H22ClNO3. The summed E-state index contributed by atoms with van der Waals surface area (Å²) in [6.07, 6.45) is 3.43. The average molecular weight is 276 g/mol. The van der Waals surface area contributed by atoms with Crippen LogP contribution in [0.15, 0.2) is 0 Å². The summed E-state index contributed by atoms with van der Waals surface area (Å²) in [6.45, 7) is 6.02.